The Labute approximate surface area is 98.3 Å². The van der Waals surface area contributed by atoms with Crippen LogP contribution >= 0.6 is 0 Å². The lowest BCUT2D eigenvalue weighted by atomic mass is 10.2. The number of pyridine rings is 1. The number of hydrogen-bond donors (Lipinski definition) is 0. The van der Waals surface area contributed by atoms with Gasteiger partial charge in [0.05, 0.1) is 5.52 Å². The average Bonchev–Trinajstić information content (AvgIpc) is 2.83. The highest BCUT2D eigenvalue weighted by Crippen LogP contribution is 2.16. The van der Waals surface area contributed by atoms with Crippen LogP contribution in [-0.4, -0.2) is 15.5 Å². The summed E-state index contributed by atoms with van der Waals surface area (Å²) in [5.74, 6) is -0.105. The SMILES string of the molecule is O=C(c1ccccn1)n1ccc2ccccc21. The number of aromatic nitrogens is 2. The first kappa shape index (κ1) is 9.78. The number of carbonyl (C=O) groups is 1. The molecular weight excluding hydrogens is 212 g/mol. The summed E-state index contributed by atoms with van der Waals surface area (Å²) in [6.07, 6.45) is 3.40. The summed E-state index contributed by atoms with van der Waals surface area (Å²) in [7, 11) is 0. The molecule has 2 aromatic heterocycles. The maximum atomic E-state index is 12.2. The molecule has 0 saturated carbocycles. The van der Waals surface area contributed by atoms with Crippen LogP contribution in [0.15, 0.2) is 60.9 Å². The molecule has 82 valence electrons. The maximum Gasteiger partial charge on any atom is 0.280 e. The number of para-hydroxylation sites is 1. The van der Waals surface area contributed by atoms with Crippen LogP contribution in [-0.2, 0) is 0 Å². The van der Waals surface area contributed by atoms with Crippen LogP contribution in [0, 0.1) is 0 Å². The Balaban J connectivity index is 2.14. The predicted molar refractivity (Wildman–Crippen MR) is 65.9 cm³/mol. The summed E-state index contributed by atoms with van der Waals surface area (Å²) in [6.45, 7) is 0. The standard InChI is InChI=1S/C14H10N2O/c17-14(12-6-3-4-9-15-12)16-10-8-11-5-1-2-7-13(11)16/h1-10H. The van der Waals surface area contributed by atoms with Crippen LogP contribution in [0.4, 0.5) is 0 Å². The summed E-state index contributed by atoms with van der Waals surface area (Å²) in [5.41, 5.74) is 1.36. The number of rotatable bonds is 1. The summed E-state index contributed by atoms with van der Waals surface area (Å²) in [4.78, 5) is 16.3. The van der Waals surface area contributed by atoms with Gasteiger partial charge in [0.2, 0.25) is 0 Å². The number of hydrogen-bond acceptors (Lipinski definition) is 2. The van der Waals surface area contributed by atoms with Crippen molar-refractivity contribution in [3.05, 3.63) is 66.6 Å². The van der Waals surface area contributed by atoms with Crippen LogP contribution in [0.5, 0.6) is 0 Å². The fourth-order valence-electron chi connectivity index (χ4n) is 1.87. The van der Waals surface area contributed by atoms with Crippen molar-refractivity contribution in [1.82, 2.24) is 9.55 Å². The molecule has 17 heavy (non-hydrogen) atoms. The van der Waals surface area contributed by atoms with E-state index in [9.17, 15) is 4.79 Å². The van der Waals surface area contributed by atoms with Gasteiger partial charge in [-0.1, -0.05) is 24.3 Å². The smallest absolute Gasteiger partial charge is 0.280 e. The molecular formula is C14H10N2O. The molecule has 1 aromatic carbocycles. The minimum absolute atomic E-state index is 0.105. The third kappa shape index (κ3) is 1.61. The highest BCUT2D eigenvalue weighted by molar-refractivity contribution is 6.00. The Hall–Kier alpha value is -2.42. The Morgan fingerprint density at radius 2 is 1.82 bits per heavy atom. The van der Waals surface area contributed by atoms with Gasteiger partial charge in [0.25, 0.3) is 5.91 Å². The zero-order chi connectivity index (χ0) is 11.7. The Morgan fingerprint density at radius 3 is 2.65 bits per heavy atom. The zero-order valence-corrected chi connectivity index (χ0v) is 9.08. The molecule has 0 saturated heterocycles. The number of nitrogens with zero attached hydrogens (tertiary/aromatic N) is 2. The van der Waals surface area contributed by atoms with E-state index in [0.29, 0.717) is 5.69 Å². The van der Waals surface area contributed by atoms with E-state index >= 15 is 0 Å². The number of fused-ring (bicyclic) bond motifs is 1. The van der Waals surface area contributed by atoms with Crippen molar-refractivity contribution < 1.29 is 4.79 Å². The zero-order valence-electron chi connectivity index (χ0n) is 9.08. The second-order valence-corrected chi connectivity index (χ2v) is 3.76. The summed E-state index contributed by atoms with van der Waals surface area (Å²) < 4.78 is 1.62. The first-order valence-corrected chi connectivity index (χ1v) is 5.38. The van der Waals surface area contributed by atoms with Crippen LogP contribution in [0.2, 0.25) is 0 Å². The van der Waals surface area contributed by atoms with Gasteiger partial charge in [-0.2, -0.15) is 0 Å². The highest BCUT2D eigenvalue weighted by Gasteiger charge is 2.11. The quantitative estimate of drug-likeness (QED) is 0.634. The molecule has 2 heterocycles. The van der Waals surface area contributed by atoms with Crippen LogP contribution in [0.3, 0.4) is 0 Å². The number of benzene rings is 1. The third-order valence-corrected chi connectivity index (χ3v) is 2.70. The van der Waals surface area contributed by atoms with Crippen LogP contribution < -0.4 is 0 Å². The first-order valence-electron chi connectivity index (χ1n) is 5.38. The van der Waals surface area contributed by atoms with E-state index in [-0.39, 0.29) is 5.91 Å². The number of carbonyl (C=O) groups excluding carboxylic acids is 1. The van der Waals surface area contributed by atoms with Gasteiger partial charge in [-0.3, -0.25) is 14.3 Å². The summed E-state index contributed by atoms with van der Waals surface area (Å²) >= 11 is 0. The molecule has 0 unspecified atom stereocenters. The van der Waals surface area contributed by atoms with Crippen molar-refractivity contribution in [1.29, 1.82) is 0 Å². The van der Waals surface area contributed by atoms with Crippen LogP contribution in [0.25, 0.3) is 10.9 Å². The largest absolute Gasteiger partial charge is 0.282 e. The molecule has 3 rings (SSSR count). The lowest BCUT2D eigenvalue weighted by Gasteiger charge is -2.02. The Bertz CT molecular complexity index is 671. The monoisotopic (exact) mass is 222 g/mol. The van der Waals surface area contributed by atoms with Gasteiger partial charge in [-0.15, -0.1) is 0 Å². The van der Waals surface area contributed by atoms with Crippen molar-refractivity contribution in [3.63, 3.8) is 0 Å². The second kappa shape index (κ2) is 3.87. The first-order chi connectivity index (χ1) is 8.36. The summed E-state index contributed by atoms with van der Waals surface area (Å²) in [6, 6.07) is 15.0. The molecule has 0 bridgehead atoms. The van der Waals surface area contributed by atoms with E-state index in [1.807, 2.05) is 36.4 Å². The molecule has 0 fully saturated rings. The molecule has 0 atom stereocenters. The lowest BCUT2D eigenvalue weighted by Crippen LogP contribution is -2.11. The van der Waals surface area contributed by atoms with Gasteiger partial charge in [0.15, 0.2) is 0 Å². The fraction of sp³-hybridized carbons (Fsp3) is 0. The topological polar surface area (TPSA) is 34.9 Å². The Kier molecular flexibility index (Phi) is 2.22. The Morgan fingerprint density at radius 1 is 1.00 bits per heavy atom. The van der Waals surface area contributed by atoms with Gasteiger partial charge < -0.3 is 0 Å². The van der Waals surface area contributed by atoms with E-state index in [4.69, 9.17) is 0 Å². The van der Waals surface area contributed by atoms with Gasteiger partial charge in [0.1, 0.15) is 5.69 Å². The average molecular weight is 222 g/mol. The minimum atomic E-state index is -0.105. The van der Waals surface area contributed by atoms with Gasteiger partial charge >= 0.3 is 0 Å². The van der Waals surface area contributed by atoms with Crippen molar-refractivity contribution in [2.24, 2.45) is 0 Å². The molecule has 3 aromatic rings. The highest BCUT2D eigenvalue weighted by atomic mass is 16.2. The molecule has 0 aliphatic heterocycles. The molecule has 0 radical (unpaired) electrons. The third-order valence-electron chi connectivity index (χ3n) is 2.70. The normalized spacial score (nSPS) is 10.6. The van der Waals surface area contributed by atoms with Gasteiger partial charge in [-0.05, 0) is 24.3 Å². The van der Waals surface area contributed by atoms with E-state index in [1.54, 1.807) is 29.1 Å². The lowest BCUT2D eigenvalue weighted by molar-refractivity contribution is 0.0960. The maximum absolute atomic E-state index is 12.2. The van der Waals surface area contributed by atoms with E-state index < -0.39 is 0 Å². The van der Waals surface area contributed by atoms with Crippen molar-refractivity contribution in [2.45, 2.75) is 0 Å². The second-order valence-electron chi connectivity index (χ2n) is 3.76. The van der Waals surface area contributed by atoms with Gasteiger partial charge in [-0.25, -0.2) is 0 Å². The molecule has 0 amide bonds. The molecule has 3 heteroatoms. The van der Waals surface area contributed by atoms with Crippen LogP contribution in [0.1, 0.15) is 10.5 Å². The molecule has 3 nitrogen and oxygen atoms in total. The van der Waals surface area contributed by atoms with E-state index in [1.165, 1.54) is 0 Å². The molecule has 0 N–H and O–H groups in total. The minimum Gasteiger partial charge on any atom is -0.282 e. The van der Waals surface area contributed by atoms with Crippen molar-refractivity contribution >= 4 is 16.8 Å². The predicted octanol–water partition coefficient (Wildman–Crippen LogP) is 2.72. The molecule has 0 aliphatic rings. The van der Waals surface area contributed by atoms with E-state index in [2.05, 4.69) is 4.98 Å². The molecule has 0 aliphatic carbocycles. The van der Waals surface area contributed by atoms with E-state index in [0.717, 1.165) is 10.9 Å². The molecule has 0 spiro atoms. The van der Waals surface area contributed by atoms with Crippen molar-refractivity contribution in [3.8, 4) is 0 Å². The van der Waals surface area contributed by atoms with Crippen molar-refractivity contribution in [2.75, 3.05) is 0 Å². The fourth-order valence-corrected chi connectivity index (χ4v) is 1.87. The van der Waals surface area contributed by atoms with Gasteiger partial charge in [0, 0.05) is 17.8 Å². The summed E-state index contributed by atoms with van der Waals surface area (Å²) in [5, 5.41) is 1.05.